The van der Waals surface area contributed by atoms with E-state index in [1.54, 1.807) is 22.6 Å². The minimum atomic E-state index is -4.17. The monoisotopic (exact) mass is 348 g/mol. The maximum Gasteiger partial charge on any atom is 0.281 e. The SMILES string of the molecule is Cc1nc(C(F)F)c(S(N)(=O)=O)cc1I. The summed E-state index contributed by atoms with van der Waals surface area (Å²) in [5.41, 5.74) is -0.450. The van der Waals surface area contributed by atoms with Crippen LogP contribution in [-0.4, -0.2) is 13.4 Å². The van der Waals surface area contributed by atoms with E-state index in [0.717, 1.165) is 6.07 Å². The highest BCUT2D eigenvalue weighted by atomic mass is 127. The van der Waals surface area contributed by atoms with E-state index >= 15 is 0 Å². The standard InChI is InChI=1S/C7H7F2IN2O2S/c1-3-4(10)2-5(15(11,13)14)6(12-3)7(8)9/h2,7H,1H3,(H2,11,13,14). The number of aromatic nitrogens is 1. The summed E-state index contributed by atoms with van der Waals surface area (Å²) in [5.74, 6) is 0. The Labute approximate surface area is 99.1 Å². The Hall–Kier alpha value is -0.350. The number of halogens is 3. The van der Waals surface area contributed by atoms with Crippen LogP contribution in [-0.2, 0) is 10.0 Å². The molecule has 0 spiro atoms. The second-order valence-electron chi connectivity index (χ2n) is 2.78. The molecule has 1 heterocycles. The molecule has 84 valence electrons. The Morgan fingerprint density at radius 3 is 2.47 bits per heavy atom. The predicted molar refractivity (Wildman–Crippen MR) is 58.0 cm³/mol. The average Bonchev–Trinajstić information content (AvgIpc) is 2.06. The fraction of sp³-hybridized carbons (Fsp3) is 0.286. The molecule has 0 radical (unpaired) electrons. The van der Waals surface area contributed by atoms with Crippen LogP contribution in [0.15, 0.2) is 11.0 Å². The van der Waals surface area contributed by atoms with Gasteiger partial charge in [0.05, 0.1) is 5.69 Å². The third-order valence-electron chi connectivity index (χ3n) is 1.66. The van der Waals surface area contributed by atoms with E-state index < -0.39 is 27.0 Å². The molecule has 1 rings (SSSR count). The van der Waals surface area contributed by atoms with Crippen molar-refractivity contribution in [3.63, 3.8) is 0 Å². The lowest BCUT2D eigenvalue weighted by Crippen LogP contribution is -2.16. The maximum absolute atomic E-state index is 12.5. The van der Waals surface area contributed by atoms with Crippen molar-refractivity contribution in [3.8, 4) is 0 Å². The minimum absolute atomic E-state index is 0.346. The molecule has 8 heteroatoms. The smallest absolute Gasteiger partial charge is 0.250 e. The van der Waals surface area contributed by atoms with Gasteiger partial charge in [0.1, 0.15) is 10.6 Å². The van der Waals surface area contributed by atoms with Gasteiger partial charge in [0.15, 0.2) is 0 Å². The largest absolute Gasteiger partial charge is 0.281 e. The van der Waals surface area contributed by atoms with Gasteiger partial charge in [-0.15, -0.1) is 0 Å². The number of nitrogens with zero attached hydrogens (tertiary/aromatic N) is 1. The Kier molecular flexibility index (Phi) is 3.61. The van der Waals surface area contributed by atoms with Gasteiger partial charge in [0.25, 0.3) is 6.43 Å². The lowest BCUT2D eigenvalue weighted by molar-refractivity contribution is 0.142. The van der Waals surface area contributed by atoms with Crippen molar-refractivity contribution in [2.24, 2.45) is 5.14 Å². The highest BCUT2D eigenvalue weighted by Crippen LogP contribution is 2.26. The van der Waals surface area contributed by atoms with Gasteiger partial charge in [-0.2, -0.15) is 0 Å². The molecule has 0 unspecified atom stereocenters. The summed E-state index contributed by atoms with van der Waals surface area (Å²) in [6, 6.07) is 1.10. The summed E-state index contributed by atoms with van der Waals surface area (Å²) < 4.78 is 47.5. The number of nitrogens with two attached hydrogens (primary N) is 1. The van der Waals surface area contributed by atoms with Gasteiger partial charge in [0, 0.05) is 3.57 Å². The highest BCUT2D eigenvalue weighted by Gasteiger charge is 2.23. The van der Waals surface area contributed by atoms with Gasteiger partial charge < -0.3 is 0 Å². The zero-order valence-electron chi connectivity index (χ0n) is 7.54. The lowest BCUT2D eigenvalue weighted by Gasteiger charge is -2.08. The van der Waals surface area contributed by atoms with Crippen LogP contribution in [0.4, 0.5) is 8.78 Å². The van der Waals surface area contributed by atoms with E-state index in [-0.39, 0.29) is 0 Å². The van der Waals surface area contributed by atoms with Crippen LogP contribution in [0.25, 0.3) is 0 Å². The molecule has 0 aliphatic carbocycles. The van der Waals surface area contributed by atoms with Crippen LogP contribution in [0.2, 0.25) is 0 Å². The van der Waals surface area contributed by atoms with Crippen molar-refractivity contribution >= 4 is 32.6 Å². The van der Waals surface area contributed by atoms with Crippen LogP contribution in [0.5, 0.6) is 0 Å². The molecule has 1 aromatic heterocycles. The molecule has 0 aromatic carbocycles. The van der Waals surface area contributed by atoms with E-state index in [1.165, 1.54) is 6.92 Å². The Bertz CT molecular complexity index is 490. The molecule has 1 aromatic rings. The van der Waals surface area contributed by atoms with Crippen LogP contribution in [0, 0.1) is 10.5 Å². The van der Waals surface area contributed by atoms with Crippen molar-refractivity contribution in [3.05, 3.63) is 21.0 Å². The van der Waals surface area contributed by atoms with Crippen molar-refractivity contribution < 1.29 is 17.2 Å². The third-order valence-corrected chi connectivity index (χ3v) is 3.69. The van der Waals surface area contributed by atoms with E-state index in [4.69, 9.17) is 5.14 Å². The van der Waals surface area contributed by atoms with Crippen molar-refractivity contribution in [1.29, 1.82) is 0 Å². The highest BCUT2D eigenvalue weighted by molar-refractivity contribution is 14.1. The number of hydrogen-bond acceptors (Lipinski definition) is 3. The topological polar surface area (TPSA) is 73.0 Å². The number of hydrogen-bond donors (Lipinski definition) is 1. The fourth-order valence-corrected chi connectivity index (χ4v) is 2.32. The molecule has 0 aliphatic heterocycles. The quantitative estimate of drug-likeness (QED) is 0.825. The lowest BCUT2D eigenvalue weighted by atomic mass is 10.3. The van der Waals surface area contributed by atoms with Gasteiger partial charge in [0.2, 0.25) is 10.0 Å². The molecule has 4 nitrogen and oxygen atoms in total. The van der Waals surface area contributed by atoms with E-state index in [9.17, 15) is 17.2 Å². The summed E-state index contributed by atoms with van der Waals surface area (Å²) in [5, 5.41) is 4.81. The minimum Gasteiger partial charge on any atom is -0.250 e. The van der Waals surface area contributed by atoms with Crippen molar-refractivity contribution in [2.75, 3.05) is 0 Å². The van der Waals surface area contributed by atoms with Crippen LogP contribution in [0.3, 0.4) is 0 Å². The molecule has 0 aliphatic rings. The Morgan fingerprint density at radius 2 is 2.07 bits per heavy atom. The number of primary sulfonamides is 1. The molecule has 15 heavy (non-hydrogen) atoms. The Balaban J connectivity index is 3.56. The fourth-order valence-electron chi connectivity index (χ4n) is 0.967. The maximum atomic E-state index is 12.5. The number of pyridine rings is 1. The Morgan fingerprint density at radius 1 is 1.53 bits per heavy atom. The third kappa shape index (κ3) is 2.82. The molecule has 0 amide bonds. The van der Waals surface area contributed by atoms with E-state index in [1.807, 2.05) is 0 Å². The summed E-state index contributed by atoms with van der Waals surface area (Å²) in [6.45, 7) is 1.51. The normalized spacial score (nSPS) is 12.1. The summed E-state index contributed by atoms with van der Waals surface area (Å²) in [4.78, 5) is 2.90. The zero-order chi connectivity index (χ0) is 11.8. The molecule has 0 saturated carbocycles. The first-order valence-electron chi connectivity index (χ1n) is 3.71. The molecule has 2 N–H and O–H groups in total. The van der Waals surface area contributed by atoms with Gasteiger partial charge in [-0.1, -0.05) is 0 Å². The predicted octanol–water partition coefficient (Wildman–Crippen LogP) is 1.58. The van der Waals surface area contributed by atoms with Gasteiger partial charge in [-0.3, -0.25) is 0 Å². The van der Waals surface area contributed by atoms with Crippen LogP contribution < -0.4 is 5.14 Å². The first-order valence-corrected chi connectivity index (χ1v) is 6.34. The van der Waals surface area contributed by atoms with Crippen LogP contribution in [0.1, 0.15) is 17.8 Å². The molecular formula is C7H7F2IN2O2S. The van der Waals surface area contributed by atoms with Gasteiger partial charge >= 0.3 is 0 Å². The van der Waals surface area contributed by atoms with Crippen molar-refractivity contribution in [2.45, 2.75) is 18.2 Å². The number of rotatable bonds is 2. The first kappa shape index (κ1) is 12.7. The number of sulfonamides is 1. The number of aryl methyl sites for hydroxylation is 1. The molecular weight excluding hydrogens is 341 g/mol. The van der Waals surface area contributed by atoms with Gasteiger partial charge in [-0.05, 0) is 35.6 Å². The summed E-state index contributed by atoms with van der Waals surface area (Å²) in [6.07, 6.45) is -2.96. The first-order chi connectivity index (χ1) is 6.73. The zero-order valence-corrected chi connectivity index (χ0v) is 10.5. The molecule has 0 fully saturated rings. The summed E-state index contributed by atoms with van der Waals surface area (Å²) in [7, 11) is -4.17. The number of alkyl halides is 2. The van der Waals surface area contributed by atoms with E-state index in [2.05, 4.69) is 4.98 Å². The average molecular weight is 348 g/mol. The summed E-state index contributed by atoms with van der Waals surface area (Å²) >= 11 is 1.80. The van der Waals surface area contributed by atoms with Crippen LogP contribution >= 0.6 is 22.6 Å². The second-order valence-corrected chi connectivity index (χ2v) is 5.48. The molecule has 0 saturated heterocycles. The molecule has 0 atom stereocenters. The second kappa shape index (κ2) is 4.26. The van der Waals surface area contributed by atoms with E-state index in [0.29, 0.717) is 9.26 Å². The van der Waals surface area contributed by atoms with Crippen molar-refractivity contribution in [1.82, 2.24) is 4.98 Å². The molecule has 0 bridgehead atoms. The van der Waals surface area contributed by atoms with Gasteiger partial charge in [-0.25, -0.2) is 27.3 Å².